The van der Waals surface area contributed by atoms with E-state index >= 15 is 0 Å². The van der Waals surface area contributed by atoms with Gasteiger partial charge in [-0.15, -0.1) is 0 Å². The molecule has 0 spiro atoms. The molecule has 0 aliphatic carbocycles. The maximum Gasteiger partial charge on any atom is 0.308 e. The highest BCUT2D eigenvalue weighted by molar-refractivity contribution is 7.92. The van der Waals surface area contributed by atoms with E-state index in [1.54, 1.807) is 60.7 Å². The number of sulfonamides is 1. The van der Waals surface area contributed by atoms with Crippen LogP contribution in [0.3, 0.4) is 0 Å². The van der Waals surface area contributed by atoms with Gasteiger partial charge < -0.3 is 9.47 Å². The average molecular weight is 510 g/mol. The molecule has 36 heavy (non-hydrogen) atoms. The van der Waals surface area contributed by atoms with E-state index in [9.17, 15) is 18.0 Å². The fraction of sp³-hybridized carbons (Fsp3) is 0.192. The van der Waals surface area contributed by atoms with E-state index in [2.05, 4.69) is 10.5 Å². The molecule has 0 saturated heterocycles. The standard InChI is InChI=1S/C26H27N3O6S/c1-4-34-23-13-15-25(16-14-23)36(32,33)29(22-9-5-19(2)6-10-22)18-26(31)28-27-17-21-7-11-24(12-8-21)35-20(3)30/h5-17H,4,18H2,1-3H3,(H,28,31)/b27-17-. The Morgan fingerprint density at radius 2 is 1.56 bits per heavy atom. The Labute approximate surface area is 210 Å². The van der Waals surface area contributed by atoms with E-state index < -0.39 is 28.4 Å². The van der Waals surface area contributed by atoms with E-state index in [0.29, 0.717) is 29.4 Å². The highest BCUT2D eigenvalue weighted by atomic mass is 32.2. The number of anilines is 1. The lowest BCUT2D eigenvalue weighted by molar-refractivity contribution is -0.131. The van der Waals surface area contributed by atoms with Crippen LogP contribution >= 0.6 is 0 Å². The zero-order valence-electron chi connectivity index (χ0n) is 20.2. The normalized spacial score (nSPS) is 11.2. The molecule has 0 atom stereocenters. The Hall–Kier alpha value is -4.18. The summed E-state index contributed by atoms with van der Waals surface area (Å²) in [6.45, 7) is 5.00. The molecule has 188 valence electrons. The molecular formula is C26H27N3O6S. The molecule has 0 aliphatic heterocycles. The molecular weight excluding hydrogens is 482 g/mol. The number of hydrogen-bond acceptors (Lipinski definition) is 7. The van der Waals surface area contributed by atoms with E-state index in [1.807, 2.05) is 13.8 Å². The Morgan fingerprint density at radius 3 is 2.14 bits per heavy atom. The third kappa shape index (κ3) is 7.16. The fourth-order valence-corrected chi connectivity index (χ4v) is 4.58. The van der Waals surface area contributed by atoms with Gasteiger partial charge in [0.15, 0.2) is 0 Å². The lowest BCUT2D eigenvalue weighted by Crippen LogP contribution is -2.39. The molecule has 0 bridgehead atoms. The largest absolute Gasteiger partial charge is 0.494 e. The quantitative estimate of drug-likeness (QED) is 0.193. The van der Waals surface area contributed by atoms with Crippen molar-refractivity contribution in [3.05, 3.63) is 83.9 Å². The zero-order valence-corrected chi connectivity index (χ0v) is 21.0. The minimum Gasteiger partial charge on any atom is -0.494 e. The van der Waals surface area contributed by atoms with Crippen LogP contribution in [0.4, 0.5) is 5.69 Å². The first-order valence-corrected chi connectivity index (χ1v) is 12.6. The monoisotopic (exact) mass is 509 g/mol. The molecule has 9 nitrogen and oxygen atoms in total. The van der Waals surface area contributed by atoms with Crippen molar-refractivity contribution in [3.63, 3.8) is 0 Å². The van der Waals surface area contributed by atoms with E-state index in [-0.39, 0.29) is 4.90 Å². The molecule has 1 amide bonds. The Balaban J connectivity index is 1.77. The third-order valence-electron chi connectivity index (χ3n) is 4.88. The molecule has 0 radical (unpaired) electrons. The Morgan fingerprint density at radius 1 is 0.944 bits per heavy atom. The van der Waals surface area contributed by atoms with Crippen LogP contribution in [0, 0.1) is 6.92 Å². The summed E-state index contributed by atoms with van der Waals surface area (Å²) in [5, 5.41) is 3.91. The second kappa shape index (κ2) is 12.0. The predicted molar refractivity (Wildman–Crippen MR) is 137 cm³/mol. The number of esters is 1. The maximum atomic E-state index is 13.5. The van der Waals surface area contributed by atoms with Crippen molar-refractivity contribution in [1.29, 1.82) is 0 Å². The fourth-order valence-electron chi connectivity index (χ4n) is 3.16. The van der Waals surface area contributed by atoms with Crippen LogP contribution in [-0.4, -0.2) is 39.7 Å². The van der Waals surface area contributed by atoms with Crippen molar-refractivity contribution in [3.8, 4) is 11.5 Å². The Bertz CT molecular complexity index is 1320. The van der Waals surface area contributed by atoms with Crippen LogP contribution in [0.1, 0.15) is 25.0 Å². The summed E-state index contributed by atoms with van der Waals surface area (Å²) in [7, 11) is -4.06. The van der Waals surface area contributed by atoms with Crippen LogP contribution in [0.15, 0.2) is 82.8 Å². The minimum atomic E-state index is -4.06. The number of benzene rings is 3. The topological polar surface area (TPSA) is 114 Å². The summed E-state index contributed by atoms with van der Waals surface area (Å²) < 4.78 is 38.3. The SMILES string of the molecule is CCOc1ccc(S(=O)(=O)N(CC(=O)N/N=C\c2ccc(OC(C)=O)cc2)c2ccc(C)cc2)cc1. The van der Waals surface area contributed by atoms with Crippen molar-refractivity contribution >= 4 is 33.8 Å². The molecule has 10 heteroatoms. The van der Waals surface area contributed by atoms with E-state index in [4.69, 9.17) is 9.47 Å². The second-order valence-electron chi connectivity index (χ2n) is 7.71. The van der Waals surface area contributed by atoms with Crippen molar-refractivity contribution in [2.45, 2.75) is 25.7 Å². The number of hydrogen-bond donors (Lipinski definition) is 1. The molecule has 0 aliphatic rings. The van der Waals surface area contributed by atoms with E-state index in [0.717, 1.165) is 9.87 Å². The van der Waals surface area contributed by atoms with Gasteiger partial charge in [-0.3, -0.25) is 13.9 Å². The summed E-state index contributed by atoms with van der Waals surface area (Å²) in [6.07, 6.45) is 1.40. The number of ether oxygens (including phenoxy) is 2. The maximum absolute atomic E-state index is 13.5. The summed E-state index contributed by atoms with van der Waals surface area (Å²) in [4.78, 5) is 23.7. The lowest BCUT2D eigenvalue weighted by Gasteiger charge is -2.24. The first-order valence-electron chi connectivity index (χ1n) is 11.1. The van der Waals surface area contributed by atoms with Gasteiger partial charge in [0, 0.05) is 6.92 Å². The van der Waals surface area contributed by atoms with Gasteiger partial charge in [0.2, 0.25) is 0 Å². The number of nitrogens with one attached hydrogen (secondary N) is 1. The number of aryl methyl sites for hydroxylation is 1. The molecule has 0 heterocycles. The summed E-state index contributed by atoms with van der Waals surface area (Å²) >= 11 is 0. The zero-order chi connectivity index (χ0) is 26.1. The lowest BCUT2D eigenvalue weighted by atomic mass is 10.2. The van der Waals surface area contributed by atoms with Gasteiger partial charge in [-0.2, -0.15) is 5.10 Å². The van der Waals surface area contributed by atoms with Crippen molar-refractivity contribution in [1.82, 2.24) is 5.43 Å². The predicted octanol–water partition coefficient (Wildman–Crippen LogP) is 3.66. The van der Waals surface area contributed by atoms with Gasteiger partial charge in [-0.25, -0.2) is 13.8 Å². The second-order valence-corrected chi connectivity index (χ2v) is 9.57. The first kappa shape index (κ1) is 26.4. The third-order valence-corrected chi connectivity index (χ3v) is 6.66. The van der Waals surface area contributed by atoms with Gasteiger partial charge >= 0.3 is 5.97 Å². The van der Waals surface area contributed by atoms with Crippen molar-refractivity contribution in [2.75, 3.05) is 17.5 Å². The van der Waals surface area contributed by atoms with Gasteiger partial charge in [-0.1, -0.05) is 17.7 Å². The first-order chi connectivity index (χ1) is 17.2. The highest BCUT2D eigenvalue weighted by Gasteiger charge is 2.27. The van der Waals surface area contributed by atoms with Crippen molar-refractivity contribution < 1.29 is 27.5 Å². The number of nitrogens with zero attached hydrogens (tertiary/aromatic N) is 2. The minimum absolute atomic E-state index is 0.0238. The summed E-state index contributed by atoms with van der Waals surface area (Å²) in [5.74, 6) is -0.122. The summed E-state index contributed by atoms with van der Waals surface area (Å²) in [6, 6.07) is 19.3. The number of carbonyl (C=O) groups excluding carboxylic acids is 2. The van der Waals surface area contributed by atoms with Gasteiger partial charge in [0.1, 0.15) is 18.0 Å². The molecule has 0 unspecified atom stereocenters. The average Bonchev–Trinajstić information content (AvgIpc) is 2.84. The molecule has 3 aromatic rings. The summed E-state index contributed by atoms with van der Waals surface area (Å²) in [5.41, 5.74) is 4.29. The van der Waals surface area contributed by atoms with Gasteiger partial charge in [0.05, 0.1) is 23.4 Å². The van der Waals surface area contributed by atoms with Crippen LogP contribution in [0.5, 0.6) is 11.5 Å². The molecule has 0 saturated carbocycles. The number of hydrazone groups is 1. The molecule has 3 rings (SSSR count). The van der Waals surface area contributed by atoms with Crippen LogP contribution in [0.2, 0.25) is 0 Å². The number of carbonyl (C=O) groups is 2. The highest BCUT2D eigenvalue weighted by Crippen LogP contribution is 2.25. The smallest absolute Gasteiger partial charge is 0.308 e. The van der Waals surface area contributed by atoms with Gasteiger partial charge in [-0.05, 0) is 80.1 Å². The molecule has 0 aromatic heterocycles. The number of amides is 1. The molecule has 0 fully saturated rings. The number of rotatable bonds is 10. The van der Waals surface area contributed by atoms with Crippen LogP contribution in [0.25, 0.3) is 0 Å². The van der Waals surface area contributed by atoms with Crippen LogP contribution < -0.4 is 19.2 Å². The molecule has 1 N–H and O–H groups in total. The molecule has 3 aromatic carbocycles. The van der Waals surface area contributed by atoms with E-state index in [1.165, 1.54) is 25.3 Å². The Kier molecular flexibility index (Phi) is 8.80. The van der Waals surface area contributed by atoms with Crippen LogP contribution in [-0.2, 0) is 19.6 Å². The van der Waals surface area contributed by atoms with Gasteiger partial charge in [0.25, 0.3) is 15.9 Å². The van der Waals surface area contributed by atoms with Crippen molar-refractivity contribution in [2.24, 2.45) is 5.10 Å².